The maximum atomic E-state index is 13.2. The van der Waals surface area contributed by atoms with Crippen LogP contribution in [0, 0.1) is 11.6 Å². The molecule has 0 aliphatic carbocycles. The fourth-order valence-electron chi connectivity index (χ4n) is 2.44. The summed E-state index contributed by atoms with van der Waals surface area (Å²) in [6.45, 7) is 0.825. The van der Waals surface area contributed by atoms with Crippen LogP contribution in [0.2, 0.25) is 0 Å². The molecule has 0 aliphatic heterocycles. The van der Waals surface area contributed by atoms with Gasteiger partial charge in [-0.3, -0.25) is 0 Å². The second kappa shape index (κ2) is 12.0. The quantitative estimate of drug-likeness (QED) is 0.628. The number of hydrogen-bond donors (Lipinski definition) is 3. The molecule has 0 bridgehead atoms. The van der Waals surface area contributed by atoms with Crippen molar-refractivity contribution in [2.75, 3.05) is 13.7 Å². The average molecular weight is 409 g/mol. The van der Waals surface area contributed by atoms with E-state index in [0.717, 1.165) is 17.4 Å². The molecule has 4 N–H and O–H groups in total. The Morgan fingerprint density at radius 2 is 1.73 bits per heavy atom. The number of rotatable bonds is 8. The number of ether oxygens (including phenoxy) is 1. The maximum absolute atomic E-state index is 13.2. The van der Waals surface area contributed by atoms with Crippen molar-refractivity contribution < 1.29 is 18.6 Å². The van der Waals surface area contributed by atoms with E-state index in [1.165, 1.54) is 12.1 Å². The summed E-state index contributed by atoms with van der Waals surface area (Å²) in [6, 6.07) is 10.2. The van der Waals surface area contributed by atoms with E-state index >= 15 is 0 Å². The third-order valence-corrected chi connectivity index (χ3v) is 3.70. The first kappa shape index (κ1) is 24.6. The summed E-state index contributed by atoms with van der Waals surface area (Å²) in [5, 5.41) is 13.2. The molecule has 26 heavy (non-hydrogen) atoms. The zero-order valence-corrected chi connectivity index (χ0v) is 16.0. The lowest BCUT2D eigenvalue weighted by molar-refractivity contribution is 0.141. The van der Waals surface area contributed by atoms with Gasteiger partial charge in [-0.2, -0.15) is 0 Å². The molecule has 0 radical (unpaired) electrons. The molecule has 4 nitrogen and oxygen atoms in total. The average Bonchev–Trinajstić information content (AvgIpc) is 2.54. The number of methoxy groups -OCH3 is 1. The minimum absolute atomic E-state index is 0. The fourth-order valence-corrected chi connectivity index (χ4v) is 2.44. The van der Waals surface area contributed by atoms with Crippen molar-refractivity contribution in [1.82, 2.24) is 5.32 Å². The van der Waals surface area contributed by atoms with Crippen molar-refractivity contribution in [2.45, 2.75) is 25.1 Å². The van der Waals surface area contributed by atoms with Gasteiger partial charge in [0.15, 0.2) is 0 Å². The highest BCUT2D eigenvalue weighted by Crippen LogP contribution is 2.13. The summed E-state index contributed by atoms with van der Waals surface area (Å²) < 4.78 is 31.5. The number of aliphatic hydroxyl groups is 1. The van der Waals surface area contributed by atoms with Crippen molar-refractivity contribution >= 4 is 24.8 Å². The molecule has 2 rings (SSSR count). The van der Waals surface area contributed by atoms with Crippen LogP contribution in [0.1, 0.15) is 11.1 Å². The van der Waals surface area contributed by atoms with Crippen molar-refractivity contribution in [3.63, 3.8) is 0 Å². The normalized spacial score (nSPS) is 12.5. The molecule has 2 aromatic carbocycles. The molecule has 0 aromatic heterocycles. The van der Waals surface area contributed by atoms with E-state index in [0.29, 0.717) is 12.1 Å². The van der Waals surface area contributed by atoms with E-state index in [9.17, 15) is 13.9 Å². The van der Waals surface area contributed by atoms with Crippen LogP contribution >= 0.6 is 24.8 Å². The Hall–Kier alpha value is -1.44. The first-order valence-corrected chi connectivity index (χ1v) is 7.70. The summed E-state index contributed by atoms with van der Waals surface area (Å²) in [5.74, 6) is -0.537. The lowest BCUT2D eigenvalue weighted by Crippen LogP contribution is -2.43. The van der Waals surface area contributed by atoms with Gasteiger partial charge in [-0.25, -0.2) is 8.78 Å². The van der Waals surface area contributed by atoms with E-state index in [1.807, 2.05) is 24.3 Å². The van der Waals surface area contributed by atoms with E-state index in [4.69, 9.17) is 10.5 Å². The Balaban J connectivity index is 0.00000312. The number of benzene rings is 2. The number of aliphatic hydroxyl groups excluding tert-OH is 1. The molecule has 0 aliphatic rings. The molecule has 0 heterocycles. The zero-order valence-electron chi connectivity index (χ0n) is 14.3. The number of nitrogens with one attached hydrogen (secondary N) is 1. The maximum Gasteiger partial charge on any atom is 0.126 e. The summed E-state index contributed by atoms with van der Waals surface area (Å²) in [4.78, 5) is 0. The molecule has 0 fully saturated rings. The Morgan fingerprint density at radius 3 is 2.35 bits per heavy atom. The van der Waals surface area contributed by atoms with Crippen LogP contribution in [0.25, 0.3) is 0 Å². The van der Waals surface area contributed by atoms with Gasteiger partial charge < -0.3 is 20.9 Å². The van der Waals surface area contributed by atoms with Gasteiger partial charge in [0.1, 0.15) is 17.4 Å². The van der Waals surface area contributed by atoms with Crippen LogP contribution in [-0.2, 0) is 13.0 Å². The summed E-state index contributed by atoms with van der Waals surface area (Å²) >= 11 is 0. The smallest absolute Gasteiger partial charge is 0.126 e. The van der Waals surface area contributed by atoms with Gasteiger partial charge in [0, 0.05) is 25.2 Å². The predicted octanol–water partition coefficient (Wildman–Crippen LogP) is 2.84. The number of halogens is 4. The molecule has 0 saturated carbocycles. The standard InChI is InChI=1S/C18H22F2N2O2.2ClH/c1-24-16-4-2-3-12(7-16)10-22-11-18(23)17(21)8-13-5-14(19)9-15(20)6-13;;/h2-7,9,17-18,22-23H,8,10-11,21H2,1H3;2*1H/t17-,18+;;/m0../s1. The van der Waals surface area contributed by atoms with Crippen molar-refractivity contribution in [3.05, 3.63) is 65.2 Å². The lowest BCUT2D eigenvalue weighted by atomic mass is 10.0. The summed E-state index contributed by atoms with van der Waals surface area (Å²) in [6.07, 6.45) is -0.640. The number of hydrogen-bond acceptors (Lipinski definition) is 4. The SMILES string of the molecule is COc1cccc(CNC[C@@H](O)[C@@H](N)Cc2cc(F)cc(F)c2)c1.Cl.Cl. The van der Waals surface area contributed by atoms with Crippen LogP contribution in [-0.4, -0.2) is 30.9 Å². The third kappa shape index (κ3) is 7.85. The Labute approximate surface area is 164 Å². The van der Waals surface area contributed by atoms with Crippen LogP contribution in [0.4, 0.5) is 8.78 Å². The van der Waals surface area contributed by atoms with Gasteiger partial charge in [-0.15, -0.1) is 24.8 Å². The predicted molar refractivity (Wildman–Crippen MR) is 103 cm³/mol. The van der Waals surface area contributed by atoms with E-state index in [2.05, 4.69) is 5.32 Å². The molecule has 2 atom stereocenters. The lowest BCUT2D eigenvalue weighted by Gasteiger charge is -2.19. The van der Waals surface area contributed by atoms with Crippen molar-refractivity contribution in [3.8, 4) is 5.75 Å². The first-order chi connectivity index (χ1) is 11.5. The molecular weight excluding hydrogens is 385 g/mol. The fraction of sp³-hybridized carbons (Fsp3) is 0.333. The second-order valence-electron chi connectivity index (χ2n) is 5.70. The van der Waals surface area contributed by atoms with E-state index < -0.39 is 23.8 Å². The third-order valence-electron chi connectivity index (χ3n) is 3.70. The topological polar surface area (TPSA) is 67.5 Å². The van der Waals surface area contributed by atoms with Gasteiger partial charge >= 0.3 is 0 Å². The van der Waals surface area contributed by atoms with Crippen molar-refractivity contribution in [2.24, 2.45) is 5.73 Å². The molecule has 0 spiro atoms. The minimum atomic E-state index is -0.832. The summed E-state index contributed by atoms with van der Waals surface area (Å²) in [5.41, 5.74) is 7.36. The zero-order chi connectivity index (χ0) is 17.5. The van der Waals surface area contributed by atoms with Crippen LogP contribution < -0.4 is 15.8 Å². The molecule has 2 aromatic rings. The highest BCUT2D eigenvalue weighted by molar-refractivity contribution is 5.85. The van der Waals surface area contributed by atoms with Gasteiger partial charge in [-0.05, 0) is 41.8 Å². The Morgan fingerprint density at radius 1 is 1.08 bits per heavy atom. The Bertz CT molecular complexity index is 657. The molecule has 0 amide bonds. The van der Waals surface area contributed by atoms with Crippen LogP contribution in [0.15, 0.2) is 42.5 Å². The largest absolute Gasteiger partial charge is 0.497 e. The monoisotopic (exact) mass is 408 g/mol. The molecule has 8 heteroatoms. The molecule has 0 unspecified atom stereocenters. The molecular formula is C18H24Cl2F2N2O2. The highest BCUT2D eigenvalue weighted by Gasteiger charge is 2.16. The highest BCUT2D eigenvalue weighted by atomic mass is 35.5. The van der Waals surface area contributed by atoms with E-state index in [1.54, 1.807) is 7.11 Å². The van der Waals surface area contributed by atoms with E-state index in [-0.39, 0.29) is 37.8 Å². The minimum Gasteiger partial charge on any atom is -0.497 e. The van der Waals surface area contributed by atoms with Gasteiger partial charge in [0.25, 0.3) is 0 Å². The second-order valence-corrected chi connectivity index (χ2v) is 5.70. The summed E-state index contributed by atoms with van der Waals surface area (Å²) in [7, 11) is 1.60. The molecule has 146 valence electrons. The first-order valence-electron chi connectivity index (χ1n) is 7.70. The van der Waals surface area contributed by atoms with Crippen molar-refractivity contribution in [1.29, 1.82) is 0 Å². The molecule has 0 saturated heterocycles. The van der Waals surface area contributed by atoms with Gasteiger partial charge in [0.2, 0.25) is 0 Å². The van der Waals surface area contributed by atoms with Crippen LogP contribution in [0.5, 0.6) is 5.75 Å². The van der Waals surface area contributed by atoms with Crippen LogP contribution in [0.3, 0.4) is 0 Å². The number of nitrogens with two attached hydrogens (primary N) is 1. The Kier molecular flexibility index (Phi) is 11.4. The van der Waals surface area contributed by atoms with Gasteiger partial charge in [0.05, 0.1) is 13.2 Å². The van der Waals surface area contributed by atoms with Gasteiger partial charge in [-0.1, -0.05) is 12.1 Å².